The molecule has 2 N–H and O–H groups in total. The monoisotopic (exact) mass is 247 g/mol. The first-order chi connectivity index (χ1) is 7.18. The highest BCUT2D eigenvalue weighted by molar-refractivity contribution is 7.87. The van der Waals surface area contributed by atoms with Gasteiger partial charge in [0, 0.05) is 6.42 Å². The van der Waals surface area contributed by atoms with E-state index in [1.165, 1.54) is 6.92 Å². The Morgan fingerprint density at radius 3 is 2.50 bits per heavy atom. The smallest absolute Gasteiger partial charge is 0.352 e. The molecule has 0 aromatic heterocycles. The fourth-order valence-corrected chi connectivity index (χ4v) is 2.82. The van der Waals surface area contributed by atoms with Gasteiger partial charge in [-0.2, -0.15) is 8.42 Å². The lowest BCUT2D eigenvalue weighted by Gasteiger charge is -2.41. The minimum absolute atomic E-state index is 0.0798. The van der Waals surface area contributed by atoms with Gasteiger partial charge in [0.05, 0.1) is 6.04 Å². The van der Waals surface area contributed by atoms with Gasteiger partial charge in [0.1, 0.15) is 10.4 Å². The van der Waals surface area contributed by atoms with E-state index in [1.54, 1.807) is 0 Å². The lowest BCUT2D eigenvalue weighted by Crippen LogP contribution is -2.59. The predicted octanol–water partition coefficient (Wildman–Crippen LogP) is -0.784. The standard InChI is InChI=1S/C8H9NO6S/c1-8(16(13,14)15)3-4(7(11)12)9-5(8)2-6(9)10/h3,5H,2H2,1H3,(H,11,12)(H,13,14,15)/t5-,8?/m0/s1. The Kier molecular flexibility index (Phi) is 1.96. The molecule has 0 saturated carbocycles. The minimum atomic E-state index is -4.46. The van der Waals surface area contributed by atoms with Gasteiger partial charge in [0.15, 0.2) is 0 Å². The van der Waals surface area contributed by atoms with Crippen molar-refractivity contribution >= 4 is 22.0 Å². The molecule has 0 aromatic rings. The maximum atomic E-state index is 11.2. The molecule has 2 aliphatic heterocycles. The Bertz CT molecular complexity index is 521. The molecule has 0 bridgehead atoms. The highest BCUT2D eigenvalue weighted by Crippen LogP contribution is 2.44. The zero-order chi connectivity index (χ0) is 12.3. The fraction of sp³-hybridized carbons (Fsp3) is 0.500. The first kappa shape index (κ1) is 11.1. The van der Waals surface area contributed by atoms with E-state index >= 15 is 0 Å². The molecule has 0 spiro atoms. The molecule has 88 valence electrons. The lowest BCUT2D eigenvalue weighted by atomic mass is 9.93. The molecule has 8 heteroatoms. The van der Waals surface area contributed by atoms with E-state index in [0.717, 1.165) is 11.0 Å². The average molecular weight is 247 g/mol. The Hall–Kier alpha value is -1.41. The van der Waals surface area contributed by atoms with Crippen LogP contribution in [0.15, 0.2) is 11.8 Å². The van der Waals surface area contributed by atoms with Gasteiger partial charge in [-0.3, -0.25) is 9.35 Å². The van der Waals surface area contributed by atoms with Crippen LogP contribution in [-0.2, 0) is 19.7 Å². The second kappa shape index (κ2) is 2.83. The zero-order valence-electron chi connectivity index (χ0n) is 8.24. The van der Waals surface area contributed by atoms with Gasteiger partial charge in [-0.15, -0.1) is 0 Å². The van der Waals surface area contributed by atoms with Crippen LogP contribution in [0.1, 0.15) is 13.3 Å². The molecule has 1 amide bonds. The van der Waals surface area contributed by atoms with E-state index in [-0.39, 0.29) is 12.1 Å². The first-order valence-corrected chi connectivity index (χ1v) is 5.88. The SMILES string of the molecule is CC1(S(=O)(=O)O)C=C(C(=O)O)N2C(=O)C[C@H]21. The summed E-state index contributed by atoms with van der Waals surface area (Å²) < 4.78 is 29.8. The third-order valence-corrected chi connectivity index (χ3v) is 4.57. The third-order valence-electron chi connectivity index (χ3n) is 3.07. The first-order valence-electron chi connectivity index (χ1n) is 4.44. The molecule has 2 aliphatic rings. The number of nitrogens with zero attached hydrogens (tertiary/aromatic N) is 1. The van der Waals surface area contributed by atoms with E-state index in [4.69, 9.17) is 9.66 Å². The van der Waals surface area contributed by atoms with Crippen LogP contribution in [0.2, 0.25) is 0 Å². The molecule has 1 unspecified atom stereocenters. The maximum Gasteiger partial charge on any atom is 0.352 e. The second-order valence-corrected chi connectivity index (χ2v) is 5.81. The normalized spacial score (nSPS) is 33.1. The van der Waals surface area contributed by atoms with Crippen molar-refractivity contribution in [2.24, 2.45) is 0 Å². The van der Waals surface area contributed by atoms with Gasteiger partial charge in [-0.25, -0.2) is 4.79 Å². The molecule has 1 saturated heterocycles. The van der Waals surface area contributed by atoms with Crippen molar-refractivity contribution in [1.82, 2.24) is 4.90 Å². The summed E-state index contributed by atoms with van der Waals surface area (Å²) in [4.78, 5) is 22.9. The molecule has 2 rings (SSSR count). The van der Waals surface area contributed by atoms with Crippen molar-refractivity contribution in [3.63, 3.8) is 0 Å². The Balaban J connectivity index is 2.54. The highest BCUT2D eigenvalue weighted by Gasteiger charge is 2.60. The van der Waals surface area contributed by atoms with Crippen molar-refractivity contribution < 1.29 is 27.7 Å². The van der Waals surface area contributed by atoms with Crippen LogP contribution in [0.5, 0.6) is 0 Å². The Labute approximate surface area is 91.1 Å². The third kappa shape index (κ3) is 1.14. The average Bonchev–Trinajstić information content (AvgIpc) is 2.34. The van der Waals surface area contributed by atoms with Crippen molar-refractivity contribution in [1.29, 1.82) is 0 Å². The van der Waals surface area contributed by atoms with Crippen LogP contribution in [0.3, 0.4) is 0 Å². The molecule has 7 nitrogen and oxygen atoms in total. The number of carboxylic acids is 1. The van der Waals surface area contributed by atoms with E-state index in [1.807, 2.05) is 0 Å². The number of hydrogen-bond donors (Lipinski definition) is 2. The van der Waals surface area contributed by atoms with Crippen LogP contribution in [0.4, 0.5) is 0 Å². The van der Waals surface area contributed by atoms with Gasteiger partial charge in [-0.05, 0) is 13.0 Å². The molecular weight excluding hydrogens is 238 g/mol. The van der Waals surface area contributed by atoms with Gasteiger partial charge < -0.3 is 10.0 Å². The summed E-state index contributed by atoms with van der Waals surface area (Å²) in [7, 11) is -4.46. The van der Waals surface area contributed by atoms with E-state index < -0.39 is 32.8 Å². The van der Waals surface area contributed by atoms with Crippen molar-refractivity contribution in [3.05, 3.63) is 11.8 Å². The number of rotatable bonds is 2. The molecule has 2 heterocycles. The minimum Gasteiger partial charge on any atom is -0.477 e. The quantitative estimate of drug-likeness (QED) is 0.489. The lowest BCUT2D eigenvalue weighted by molar-refractivity contribution is -0.148. The van der Waals surface area contributed by atoms with Gasteiger partial charge >= 0.3 is 5.97 Å². The zero-order valence-corrected chi connectivity index (χ0v) is 9.06. The summed E-state index contributed by atoms with van der Waals surface area (Å²) in [5.74, 6) is -1.84. The summed E-state index contributed by atoms with van der Waals surface area (Å²) in [6.07, 6.45) is 0.837. The van der Waals surface area contributed by atoms with Crippen LogP contribution < -0.4 is 0 Å². The second-order valence-electron chi connectivity index (χ2n) is 3.98. The van der Waals surface area contributed by atoms with Crippen LogP contribution in [-0.4, -0.2) is 45.6 Å². The van der Waals surface area contributed by atoms with Crippen LogP contribution in [0, 0.1) is 0 Å². The molecule has 16 heavy (non-hydrogen) atoms. The molecule has 1 fully saturated rings. The predicted molar refractivity (Wildman–Crippen MR) is 50.9 cm³/mol. The van der Waals surface area contributed by atoms with Crippen molar-refractivity contribution in [2.75, 3.05) is 0 Å². The van der Waals surface area contributed by atoms with Gasteiger partial charge in [-0.1, -0.05) is 0 Å². The largest absolute Gasteiger partial charge is 0.477 e. The number of fused-ring (bicyclic) bond motifs is 1. The van der Waals surface area contributed by atoms with Gasteiger partial charge in [0.25, 0.3) is 10.1 Å². The summed E-state index contributed by atoms with van der Waals surface area (Å²) in [6, 6.07) is -0.818. The fourth-order valence-electron chi connectivity index (χ4n) is 2.03. The molecular formula is C8H9NO6S. The topological polar surface area (TPSA) is 112 Å². The molecule has 2 atom stereocenters. The van der Waals surface area contributed by atoms with E-state index in [0.29, 0.717) is 0 Å². The summed E-state index contributed by atoms with van der Waals surface area (Å²) in [6.45, 7) is 1.20. The number of hydrogen-bond acceptors (Lipinski definition) is 4. The Morgan fingerprint density at radius 1 is 1.62 bits per heavy atom. The number of carboxylic acid groups (broad SMARTS) is 1. The van der Waals surface area contributed by atoms with Crippen molar-refractivity contribution in [3.8, 4) is 0 Å². The highest BCUT2D eigenvalue weighted by atomic mass is 32.2. The van der Waals surface area contributed by atoms with Crippen LogP contribution in [0.25, 0.3) is 0 Å². The maximum absolute atomic E-state index is 11.2. The number of carbonyl (C=O) groups is 2. The number of carbonyl (C=O) groups excluding carboxylic acids is 1. The number of amides is 1. The Morgan fingerprint density at radius 2 is 2.19 bits per heavy atom. The molecule has 0 aliphatic carbocycles. The summed E-state index contributed by atoms with van der Waals surface area (Å²) in [5, 5.41) is 8.81. The van der Waals surface area contributed by atoms with Crippen LogP contribution >= 0.6 is 0 Å². The van der Waals surface area contributed by atoms with Gasteiger partial charge in [0.2, 0.25) is 5.91 Å². The number of β-lactam (4-membered cyclic amide) rings is 1. The summed E-state index contributed by atoms with van der Waals surface area (Å²) in [5.41, 5.74) is -0.388. The molecule has 0 radical (unpaired) electrons. The van der Waals surface area contributed by atoms with E-state index in [2.05, 4.69) is 0 Å². The van der Waals surface area contributed by atoms with E-state index in [9.17, 15) is 18.0 Å². The summed E-state index contributed by atoms with van der Waals surface area (Å²) >= 11 is 0. The van der Waals surface area contributed by atoms with Crippen molar-refractivity contribution in [2.45, 2.75) is 24.1 Å². The molecule has 0 aromatic carbocycles. The number of aliphatic carboxylic acids is 1.